The van der Waals surface area contributed by atoms with E-state index in [1.54, 1.807) is 28.8 Å². The summed E-state index contributed by atoms with van der Waals surface area (Å²) < 4.78 is 7.01. The molecule has 0 radical (unpaired) electrons. The summed E-state index contributed by atoms with van der Waals surface area (Å²) in [6.45, 7) is 1.95. The van der Waals surface area contributed by atoms with Gasteiger partial charge in [0.2, 0.25) is 0 Å². The van der Waals surface area contributed by atoms with Crippen LogP contribution in [0.15, 0.2) is 54.6 Å². The Labute approximate surface area is 150 Å². The lowest BCUT2D eigenvalue weighted by Crippen LogP contribution is -2.30. The van der Waals surface area contributed by atoms with Crippen LogP contribution in [0.4, 0.5) is 4.79 Å². The van der Waals surface area contributed by atoms with Crippen LogP contribution < -0.4 is 4.74 Å². The van der Waals surface area contributed by atoms with E-state index < -0.39 is 12.0 Å². The van der Waals surface area contributed by atoms with Crippen LogP contribution in [0.25, 0.3) is 10.9 Å². The third kappa shape index (κ3) is 2.46. The van der Waals surface area contributed by atoms with Gasteiger partial charge in [0.05, 0.1) is 24.7 Å². The zero-order valence-corrected chi connectivity index (χ0v) is 14.5. The van der Waals surface area contributed by atoms with E-state index in [1.807, 2.05) is 37.3 Å². The van der Waals surface area contributed by atoms with Crippen molar-refractivity contribution in [3.05, 3.63) is 65.9 Å². The number of amides is 1. The number of carbonyl (C=O) groups is 2. The van der Waals surface area contributed by atoms with Gasteiger partial charge in [0.15, 0.2) is 0 Å². The van der Waals surface area contributed by atoms with E-state index in [0.29, 0.717) is 5.75 Å². The van der Waals surface area contributed by atoms with E-state index in [2.05, 4.69) is 0 Å². The van der Waals surface area contributed by atoms with Crippen molar-refractivity contribution in [2.24, 2.45) is 0 Å². The summed E-state index contributed by atoms with van der Waals surface area (Å²) in [4.78, 5) is 30.6. The predicted octanol–water partition coefficient (Wildman–Crippen LogP) is 3.83. The van der Waals surface area contributed by atoms with Gasteiger partial charge in [-0.15, -0.1) is 0 Å². The molecule has 0 bridgehead atoms. The van der Waals surface area contributed by atoms with Crippen LogP contribution >= 0.6 is 0 Å². The number of benzene rings is 2. The van der Waals surface area contributed by atoms with Gasteiger partial charge in [0, 0.05) is 5.39 Å². The van der Waals surface area contributed by atoms with Crippen LogP contribution in [-0.2, 0) is 9.63 Å². The Morgan fingerprint density at radius 2 is 1.77 bits per heavy atom. The van der Waals surface area contributed by atoms with Gasteiger partial charge in [-0.1, -0.05) is 36.4 Å². The fourth-order valence-electron chi connectivity index (χ4n) is 3.57. The number of nitrogens with zero attached hydrogens (tertiary/aromatic N) is 2. The lowest BCUT2D eigenvalue weighted by Gasteiger charge is -2.21. The van der Waals surface area contributed by atoms with Crippen molar-refractivity contribution in [3.63, 3.8) is 0 Å². The molecule has 1 aliphatic heterocycles. The van der Waals surface area contributed by atoms with Gasteiger partial charge in [0.25, 0.3) is 0 Å². The molecule has 1 aliphatic rings. The molecule has 0 fully saturated rings. The van der Waals surface area contributed by atoms with Crippen molar-refractivity contribution in [3.8, 4) is 5.75 Å². The van der Waals surface area contributed by atoms with Crippen molar-refractivity contribution in [2.75, 3.05) is 7.11 Å². The normalized spacial score (nSPS) is 16.2. The number of para-hydroxylation sites is 2. The first-order valence-corrected chi connectivity index (χ1v) is 8.35. The van der Waals surface area contributed by atoms with Crippen LogP contribution in [-0.4, -0.2) is 28.7 Å². The van der Waals surface area contributed by atoms with Gasteiger partial charge in [-0.3, -0.25) is 14.2 Å². The lowest BCUT2D eigenvalue weighted by atomic mass is 10.1. The van der Waals surface area contributed by atoms with E-state index in [-0.39, 0.29) is 12.5 Å². The Kier molecular flexibility index (Phi) is 3.97. The summed E-state index contributed by atoms with van der Waals surface area (Å²) in [6.07, 6.45) is 0.00559. The molecule has 1 amide bonds. The molecule has 2 heterocycles. The number of hydrogen-bond donors (Lipinski definition) is 0. The van der Waals surface area contributed by atoms with Crippen molar-refractivity contribution < 1.29 is 19.2 Å². The van der Waals surface area contributed by atoms with Crippen molar-refractivity contribution in [1.29, 1.82) is 0 Å². The first-order chi connectivity index (χ1) is 12.6. The number of rotatable bonds is 4. The average Bonchev–Trinajstić information content (AvgIpc) is 3.09. The average molecular weight is 350 g/mol. The fraction of sp³-hybridized carbons (Fsp3) is 0.200. The first kappa shape index (κ1) is 16.4. The molecule has 0 spiro atoms. The summed E-state index contributed by atoms with van der Waals surface area (Å²) in [7, 11) is 1.43. The number of aryl methyl sites for hydroxylation is 1. The summed E-state index contributed by atoms with van der Waals surface area (Å²) in [5, 5.41) is 2.23. The Hall–Kier alpha value is -3.12. The molecule has 132 valence electrons. The van der Waals surface area contributed by atoms with Crippen molar-refractivity contribution in [2.45, 2.75) is 19.4 Å². The smallest absolute Gasteiger partial charge is 0.353 e. The van der Waals surface area contributed by atoms with Gasteiger partial charge in [0.1, 0.15) is 11.8 Å². The Bertz CT molecular complexity index is 994. The van der Waals surface area contributed by atoms with Crippen molar-refractivity contribution >= 4 is 22.9 Å². The molecule has 0 N–H and O–H groups in total. The highest BCUT2D eigenvalue weighted by molar-refractivity contribution is 5.97. The van der Waals surface area contributed by atoms with Gasteiger partial charge in [-0.05, 0) is 30.7 Å². The third-order valence-electron chi connectivity index (χ3n) is 4.68. The summed E-state index contributed by atoms with van der Waals surface area (Å²) in [5.74, 6) is 0.0530. The second-order valence-electron chi connectivity index (χ2n) is 6.16. The molecule has 0 saturated carbocycles. The summed E-state index contributed by atoms with van der Waals surface area (Å²) >= 11 is 0. The Morgan fingerprint density at radius 3 is 2.50 bits per heavy atom. The molecule has 1 aromatic heterocycles. The van der Waals surface area contributed by atoms with E-state index in [9.17, 15) is 9.59 Å². The van der Waals surface area contributed by atoms with Crippen LogP contribution in [0.5, 0.6) is 5.75 Å². The molecule has 3 aromatic rings. The van der Waals surface area contributed by atoms with Crippen LogP contribution in [0.1, 0.15) is 23.7 Å². The Balaban J connectivity index is 1.70. The van der Waals surface area contributed by atoms with Crippen LogP contribution in [0.3, 0.4) is 0 Å². The molecule has 0 aliphatic carbocycles. The van der Waals surface area contributed by atoms with Gasteiger partial charge >= 0.3 is 12.0 Å². The van der Waals surface area contributed by atoms with Gasteiger partial charge in [-0.25, -0.2) is 4.79 Å². The zero-order chi connectivity index (χ0) is 18.3. The summed E-state index contributed by atoms with van der Waals surface area (Å²) in [6, 6.07) is 15.7. The second-order valence-corrected chi connectivity index (χ2v) is 6.16. The maximum absolute atomic E-state index is 12.8. The highest BCUT2D eigenvalue weighted by Gasteiger charge is 2.42. The monoisotopic (exact) mass is 350 g/mol. The minimum Gasteiger partial charge on any atom is -0.426 e. The third-order valence-corrected chi connectivity index (χ3v) is 4.68. The maximum atomic E-state index is 12.8. The number of esters is 1. The van der Waals surface area contributed by atoms with E-state index in [1.165, 1.54) is 12.2 Å². The minimum absolute atomic E-state index is 0.00559. The fourth-order valence-corrected chi connectivity index (χ4v) is 3.57. The molecule has 6 heteroatoms. The van der Waals surface area contributed by atoms with Gasteiger partial charge < -0.3 is 4.74 Å². The predicted molar refractivity (Wildman–Crippen MR) is 95.8 cm³/mol. The molecule has 1 atom stereocenters. The molecule has 0 saturated heterocycles. The second kappa shape index (κ2) is 6.31. The molecule has 26 heavy (non-hydrogen) atoms. The number of hydroxylamine groups is 2. The number of fused-ring (bicyclic) bond motifs is 3. The lowest BCUT2D eigenvalue weighted by molar-refractivity contribution is -0.143. The van der Waals surface area contributed by atoms with E-state index in [4.69, 9.17) is 9.57 Å². The topological polar surface area (TPSA) is 60.8 Å². The van der Waals surface area contributed by atoms with Crippen LogP contribution in [0.2, 0.25) is 0 Å². The number of aromatic nitrogens is 1. The standard InChI is InChI=1S/C20H18N2O4/c1-13-15-10-6-7-11-16(15)21-19(13)17(22(25-2)20(21)24)12-18(23)26-14-8-4-3-5-9-14/h3-11,17H,12H2,1-2H3. The Morgan fingerprint density at radius 1 is 1.08 bits per heavy atom. The highest BCUT2D eigenvalue weighted by Crippen LogP contribution is 2.40. The van der Waals surface area contributed by atoms with E-state index >= 15 is 0 Å². The molecular formula is C20H18N2O4. The zero-order valence-electron chi connectivity index (χ0n) is 14.5. The quantitative estimate of drug-likeness (QED) is 0.530. The minimum atomic E-state index is -0.531. The number of carbonyl (C=O) groups excluding carboxylic acids is 2. The van der Waals surface area contributed by atoms with Crippen molar-refractivity contribution in [1.82, 2.24) is 9.63 Å². The van der Waals surface area contributed by atoms with Crippen LogP contribution in [0, 0.1) is 6.92 Å². The highest BCUT2D eigenvalue weighted by atomic mass is 16.7. The molecule has 1 unspecified atom stereocenters. The molecule has 4 rings (SSSR count). The van der Waals surface area contributed by atoms with E-state index in [0.717, 1.165) is 22.2 Å². The maximum Gasteiger partial charge on any atom is 0.353 e. The number of ether oxygens (including phenoxy) is 1. The molecule has 6 nitrogen and oxygen atoms in total. The molecular weight excluding hydrogens is 332 g/mol. The summed E-state index contributed by atoms with van der Waals surface area (Å²) in [5.41, 5.74) is 2.54. The number of hydrogen-bond acceptors (Lipinski definition) is 4. The largest absolute Gasteiger partial charge is 0.426 e. The van der Waals surface area contributed by atoms with Gasteiger partial charge in [-0.2, -0.15) is 5.06 Å². The molecule has 2 aromatic carbocycles. The SMILES string of the molecule is CON1C(=O)n2c(c(C)c3ccccc32)C1CC(=O)Oc1ccccc1. The first-order valence-electron chi connectivity index (χ1n) is 8.35.